The quantitative estimate of drug-likeness (QED) is 0.363. The van der Waals surface area contributed by atoms with Gasteiger partial charge in [-0.3, -0.25) is 9.27 Å². The van der Waals surface area contributed by atoms with Crippen LogP contribution in [0.4, 0.5) is 5.69 Å². The molecule has 1 rings (SSSR count). The Morgan fingerprint density at radius 1 is 1.38 bits per heavy atom. The van der Waals surface area contributed by atoms with Crippen LogP contribution >= 0.6 is 0 Å². The molecule has 0 aliphatic heterocycles. The summed E-state index contributed by atoms with van der Waals surface area (Å²) >= 11 is 0. The predicted octanol–water partition coefficient (Wildman–Crippen LogP) is -2.20. The van der Waals surface area contributed by atoms with Gasteiger partial charge in [-0.05, 0) is 24.3 Å². The Morgan fingerprint density at radius 3 is 2.25 bits per heavy atom. The number of ether oxygens (including phenoxy) is 1. The number of carbonyl (C=O) groups is 1. The van der Waals surface area contributed by atoms with Crippen molar-refractivity contribution in [2.24, 2.45) is 0 Å². The van der Waals surface area contributed by atoms with Crippen molar-refractivity contribution in [3.63, 3.8) is 0 Å². The summed E-state index contributed by atoms with van der Waals surface area (Å²) in [7, 11) is -3.04. The number of rotatable bonds is 3. The Morgan fingerprint density at radius 2 is 1.88 bits per heavy atom. The summed E-state index contributed by atoms with van der Waals surface area (Å²) in [6.45, 7) is 0. The molecule has 0 saturated carbocycles. The second kappa shape index (κ2) is 6.21. The molecule has 0 amide bonds. The van der Waals surface area contributed by atoms with Crippen LogP contribution in [0.3, 0.4) is 0 Å². The summed E-state index contributed by atoms with van der Waals surface area (Å²) in [6.07, 6.45) is 0. The Bertz CT molecular complexity index is 461. The van der Waals surface area contributed by atoms with E-state index in [9.17, 15) is 13.2 Å². The molecule has 0 aliphatic carbocycles. The van der Waals surface area contributed by atoms with Gasteiger partial charge in [-0.1, -0.05) is 0 Å². The average molecular weight is 255 g/mol. The van der Waals surface area contributed by atoms with E-state index in [4.69, 9.17) is 4.55 Å². The van der Waals surface area contributed by atoms with Crippen LogP contribution in [-0.2, 0) is 15.0 Å². The predicted molar refractivity (Wildman–Crippen MR) is 54.1 cm³/mol. The van der Waals surface area contributed by atoms with Crippen LogP contribution in [0.1, 0.15) is 11.8 Å². The third kappa shape index (κ3) is 4.95. The van der Waals surface area contributed by atoms with Crippen LogP contribution in [0, 0.1) is 0 Å². The van der Waals surface area contributed by atoms with E-state index in [1.165, 1.54) is 31.4 Å². The van der Waals surface area contributed by atoms with Crippen LogP contribution in [0.15, 0.2) is 24.3 Å². The number of anilines is 1. The summed E-state index contributed by atoms with van der Waals surface area (Å²) < 4.78 is 35.6. The summed E-state index contributed by atoms with van der Waals surface area (Å²) in [5, 5.41) is 0. The van der Waals surface area contributed by atoms with E-state index in [0.29, 0.717) is 5.56 Å². The number of methoxy groups -OCH3 is 1. The Balaban J connectivity index is 0. The normalized spacial score (nSPS) is 10.1. The first-order valence-electron chi connectivity index (χ1n) is 3.86. The molecule has 6 nitrogen and oxygen atoms in total. The number of nitrogens with one attached hydrogen (secondary N) is 1. The summed E-state index contributed by atoms with van der Waals surface area (Å²) in [5.41, 5.74) is 0.448. The molecule has 16 heavy (non-hydrogen) atoms. The van der Waals surface area contributed by atoms with Gasteiger partial charge in [0.15, 0.2) is 0 Å². The molecule has 1 aromatic rings. The van der Waals surface area contributed by atoms with Crippen molar-refractivity contribution in [1.29, 1.82) is 0 Å². The number of carbonyl (C=O) groups excluding carboxylic acids is 1. The molecule has 8 heteroatoms. The second-order valence-electron chi connectivity index (χ2n) is 2.65. The zero-order valence-electron chi connectivity index (χ0n) is 9.80. The first kappa shape index (κ1) is 15.4. The van der Waals surface area contributed by atoms with Crippen LogP contribution in [0.2, 0.25) is 0 Å². The van der Waals surface area contributed by atoms with E-state index in [2.05, 4.69) is 4.74 Å². The van der Waals surface area contributed by atoms with Gasteiger partial charge in [-0.15, -0.1) is 0 Å². The minimum atomic E-state index is -4.28. The van der Waals surface area contributed by atoms with E-state index in [1.54, 1.807) is 0 Å². The molecule has 0 spiro atoms. The number of hydrogen-bond donors (Lipinski definition) is 2. The SMILES string of the molecule is COC(=O)c1ccc(NS(=O)(=O)O)cc1.[H-].[Na+]. The van der Waals surface area contributed by atoms with E-state index >= 15 is 0 Å². The van der Waals surface area contributed by atoms with Crippen LogP contribution in [-0.4, -0.2) is 26.0 Å². The first-order chi connectivity index (χ1) is 6.92. The Hall–Kier alpha value is -0.600. The van der Waals surface area contributed by atoms with Gasteiger partial charge in [-0.25, -0.2) is 4.79 Å². The maximum absolute atomic E-state index is 11.0. The molecule has 0 bridgehead atoms. The summed E-state index contributed by atoms with van der Waals surface area (Å²) in [5.74, 6) is -0.520. The van der Waals surface area contributed by atoms with Crippen LogP contribution in [0.5, 0.6) is 0 Å². The topological polar surface area (TPSA) is 92.7 Å². The van der Waals surface area contributed by atoms with Crippen molar-refractivity contribution >= 4 is 22.0 Å². The maximum atomic E-state index is 11.0. The molecule has 0 unspecified atom stereocenters. The Kier molecular flexibility index (Phi) is 5.98. The first-order valence-corrected chi connectivity index (χ1v) is 5.30. The van der Waals surface area contributed by atoms with Gasteiger partial charge in [0.25, 0.3) is 0 Å². The van der Waals surface area contributed by atoms with E-state index in [-0.39, 0.29) is 36.7 Å². The zero-order valence-corrected chi connectivity index (χ0v) is 11.6. The van der Waals surface area contributed by atoms with E-state index < -0.39 is 16.3 Å². The molecular formula is C8H10NNaO5S. The molecule has 1 aromatic carbocycles. The number of hydrogen-bond acceptors (Lipinski definition) is 4. The standard InChI is InChI=1S/C8H9NO5S.Na.H/c1-14-8(10)6-2-4-7(5-3-6)9-15(11,12)13;;/h2-5,9H,1H3,(H,11,12,13);;/q;+1;-1. The van der Waals surface area contributed by atoms with Crippen molar-refractivity contribution in [1.82, 2.24) is 0 Å². The molecular weight excluding hydrogens is 245 g/mol. The smallest absolute Gasteiger partial charge is 1.00 e. The van der Waals surface area contributed by atoms with Gasteiger partial charge in [-0.2, -0.15) is 8.42 Å². The van der Waals surface area contributed by atoms with Crippen molar-refractivity contribution < 1.29 is 53.5 Å². The molecule has 0 radical (unpaired) electrons. The molecule has 0 saturated heterocycles. The summed E-state index contributed by atoms with van der Waals surface area (Å²) in [4.78, 5) is 11.0. The van der Waals surface area contributed by atoms with Gasteiger partial charge < -0.3 is 6.16 Å². The van der Waals surface area contributed by atoms with Gasteiger partial charge in [0.05, 0.1) is 18.4 Å². The molecule has 0 atom stereocenters. The second-order valence-corrected chi connectivity index (χ2v) is 3.80. The summed E-state index contributed by atoms with van der Waals surface area (Å²) in [6, 6.07) is 5.42. The number of benzene rings is 1. The Labute approximate surface area is 117 Å². The van der Waals surface area contributed by atoms with E-state index in [0.717, 1.165) is 0 Å². The van der Waals surface area contributed by atoms with Crippen LogP contribution in [0.25, 0.3) is 0 Å². The minimum Gasteiger partial charge on any atom is -1.00 e. The van der Waals surface area contributed by atoms with Gasteiger partial charge in [0.2, 0.25) is 0 Å². The molecule has 0 heterocycles. The third-order valence-electron chi connectivity index (χ3n) is 1.55. The molecule has 0 aliphatic rings. The van der Waals surface area contributed by atoms with Crippen molar-refractivity contribution in [3.05, 3.63) is 29.8 Å². The monoisotopic (exact) mass is 255 g/mol. The number of esters is 1. The van der Waals surface area contributed by atoms with Crippen molar-refractivity contribution in [2.45, 2.75) is 0 Å². The fraction of sp³-hybridized carbons (Fsp3) is 0.125. The maximum Gasteiger partial charge on any atom is 1.00 e. The fourth-order valence-corrected chi connectivity index (χ4v) is 1.38. The van der Waals surface area contributed by atoms with Crippen molar-refractivity contribution in [3.8, 4) is 0 Å². The van der Waals surface area contributed by atoms with Crippen molar-refractivity contribution in [2.75, 3.05) is 11.8 Å². The van der Waals surface area contributed by atoms with E-state index in [1.807, 2.05) is 4.72 Å². The van der Waals surface area contributed by atoms with Gasteiger partial charge in [0.1, 0.15) is 0 Å². The minimum absolute atomic E-state index is 0. The zero-order chi connectivity index (χ0) is 11.5. The molecule has 0 fully saturated rings. The fourth-order valence-electron chi connectivity index (χ4n) is 0.941. The van der Waals surface area contributed by atoms with Gasteiger partial charge in [0, 0.05) is 0 Å². The molecule has 0 aromatic heterocycles. The molecule has 84 valence electrons. The molecule has 2 N–H and O–H groups in total. The average Bonchev–Trinajstić information content (AvgIpc) is 2.15. The third-order valence-corrected chi connectivity index (χ3v) is 2.05. The van der Waals surface area contributed by atoms with Crippen LogP contribution < -0.4 is 34.3 Å². The largest absolute Gasteiger partial charge is 1.00 e. The van der Waals surface area contributed by atoms with Gasteiger partial charge >= 0.3 is 45.8 Å².